The molecule has 0 saturated heterocycles. The van der Waals surface area contributed by atoms with Crippen molar-refractivity contribution in [3.8, 4) is 11.5 Å². The maximum absolute atomic E-state index is 12.1. The Labute approximate surface area is 213 Å². The van der Waals surface area contributed by atoms with E-state index in [2.05, 4.69) is 45.5 Å². The smallest absolute Gasteiger partial charge is 0.311 e. The number of pyridine rings is 1. The van der Waals surface area contributed by atoms with Crippen LogP contribution in [0.5, 0.6) is 0 Å². The molecule has 1 N–H and O–H groups in total. The Balaban J connectivity index is 1.28. The summed E-state index contributed by atoms with van der Waals surface area (Å²) >= 11 is 0. The lowest BCUT2D eigenvalue weighted by atomic mass is 9.82. The highest BCUT2D eigenvalue weighted by Crippen LogP contribution is 2.33. The van der Waals surface area contributed by atoms with Gasteiger partial charge in [0.2, 0.25) is 0 Å². The molecular weight excluding hydrogens is 450 g/mol. The van der Waals surface area contributed by atoms with Crippen LogP contribution in [0.2, 0.25) is 0 Å². The summed E-state index contributed by atoms with van der Waals surface area (Å²) < 4.78 is 5.64. The number of nitrogens with one attached hydrogen (secondary N) is 1. The van der Waals surface area contributed by atoms with Crippen molar-refractivity contribution in [2.24, 2.45) is 11.3 Å². The summed E-state index contributed by atoms with van der Waals surface area (Å²) in [5, 5.41) is 3.53. The number of benzene rings is 1. The molecule has 0 spiro atoms. The number of hydrogen-bond acceptors (Lipinski definition) is 7. The van der Waals surface area contributed by atoms with E-state index in [4.69, 9.17) is 14.7 Å². The fourth-order valence-electron chi connectivity index (χ4n) is 4.71. The molecule has 188 valence electrons. The van der Waals surface area contributed by atoms with Crippen molar-refractivity contribution in [2.75, 3.05) is 29.9 Å². The average molecular weight is 486 g/mol. The zero-order chi connectivity index (χ0) is 25.1. The molecule has 1 fully saturated rings. The van der Waals surface area contributed by atoms with Gasteiger partial charge >= 0.3 is 5.97 Å². The predicted octanol–water partition coefficient (Wildman–Crippen LogP) is 4.92. The maximum atomic E-state index is 12.1. The average Bonchev–Trinajstić information content (AvgIpc) is 3.08. The van der Waals surface area contributed by atoms with Crippen LogP contribution in [0, 0.1) is 11.3 Å². The molecule has 2 aromatic heterocycles. The third-order valence-electron chi connectivity index (χ3n) is 7.00. The van der Waals surface area contributed by atoms with Crippen LogP contribution in [-0.4, -0.2) is 46.7 Å². The van der Waals surface area contributed by atoms with Crippen molar-refractivity contribution in [1.29, 1.82) is 0 Å². The number of carbonyl (C=O) groups excluding carboxylic acids is 1. The molecule has 1 saturated carbocycles. The van der Waals surface area contributed by atoms with E-state index in [9.17, 15) is 4.79 Å². The Kier molecular flexibility index (Phi) is 6.90. The quantitative estimate of drug-likeness (QED) is 0.496. The van der Waals surface area contributed by atoms with Crippen LogP contribution in [-0.2, 0) is 22.4 Å². The highest BCUT2D eigenvalue weighted by molar-refractivity contribution is 5.75. The molecule has 0 unspecified atom stereocenters. The molecule has 0 atom stereocenters. The van der Waals surface area contributed by atoms with Gasteiger partial charge in [-0.05, 0) is 75.6 Å². The summed E-state index contributed by atoms with van der Waals surface area (Å²) in [5.41, 5.74) is 3.14. The van der Waals surface area contributed by atoms with E-state index in [0.717, 1.165) is 62.6 Å². The molecule has 0 bridgehead atoms. The Morgan fingerprint density at radius 1 is 1.03 bits per heavy atom. The normalized spacial score (nSPS) is 19.6. The van der Waals surface area contributed by atoms with E-state index in [1.54, 1.807) is 6.20 Å². The van der Waals surface area contributed by atoms with Crippen LogP contribution in [0.3, 0.4) is 0 Å². The van der Waals surface area contributed by atoms with Gasteiger partial charge in [-0.15, -0.1) is 0 Å². The first-order chi connectivity index (χ1) is 17.3. The molecule has 7 nitrogen and oxygen atoms in total. The lowest BCUT2D eigenvalue weighted by Gasteiger charge is -2.36. The number of hydrogen-bond donors (Lipinski definition) is 1. The van der Waals surface area contributed by atoms with E-state index in [1.807, 2.05) is 39.0 Å². The second-order valence-electron chi connectivity index (χ2n) is 10.9. The summed E-state index contributed by atoms with van der Waals surface area (Å²) in [7, 11) is 0. The highest BCUT2D eigenvalue weighted by Gasteiger charge is 2.35. The highest BCUT2D eigenvalue weighted by atomic mass is 16.5. The number of nitrogens with zero attached hydrogens (tertiary/aromatic N) is 4. The number of ether oxygens (including phenoxy) is 1. The summed E-state index contributed by atoms with van der Waals surface area (Å²) in [4.78, 5) is 28.7. The van der Waals surface area contributed by atoms with Gasteiger partial charge in [0.05, 0.1) is 5.41 Å². The molecular formula is C29H35N5O2. The summed E-state index contributed by atoms with van der Waals surface area (Å²) in [6.07, 6.45) is 5.55. The topological polar surface area (TPSA) is 80.2 Å². The third kappa shape index (κ3) is 5.66. The molecule has 3 heterocycles. The van der Waals surface area contributed by atoms with Crippen LogP contribution in [0.25, 0.3) is 11.5 Å². The van der Waals surface area contributed by atoms with E-state index < -0.39 is 5.41 Å². The minimum absolute atomic E-state index is 0.0206. The van der Waals surface area contributed by atoms with Crippen molar-refractivity contribution >= 4 is 17.6 Å². The SMILES string of the molecule is CC(C)(C)C(=O)O[C@H]1C[C@@H](CNc2cc(N3CCc4ccccc4CC3)nc(-c3ccccn3)n2)C1. The van der Waals surface area contributed by atoms with E-state index in [0.29, 0.717) is 11.7 Å². The molecule has 0 amide bonds. The number of fused-ring (bicyclic) bond motifs is 1. The lowest BCUT2D eigenvalue weighted by molar-refractivity contribution is -0.164. The van der Waals surface area contributed by atoms with Gasteiger partial charge < -0.3 is 15.0 Å². The Morgan fingerprint density at radius 3 is 2.36 bits per heavy atom. The second kappa shape index (κ2) is 10.2. The minimum atomic E-state index is -0.461. The fourth-order valence-corrected chi connectivity index (χ4v) is 4.71. The summed E-state index contributed by atoms with van der Waals surface area (Å²) in [6, 6.07) is 16.6. The van der Waals surface area contributed by atoms with Crippen molar-refractivity contribution in [1.82, 2.24) is 15.0 Å². The van der Waals surface area contributed by atoms with Crippen LogP contribution < -0.4 is 10.2 Å². The standard InChI is InChI=1S/C29H35N5O2/c1-29(2,3)28(35)36-23-16-20(17-23)19-31-25-18-26(33-27(32-25)24-10-6-7-13-30-24)34-14-11-21-8-4-5-9-22(21)12-15-34/h4-10,13,18,20,23H,11-12,14-17,19H2,1-3H3,(H,31,32,33)/t20-,23+. The number of esters is 1. The molecule has 5 rings (SSSR count). The van der Waals surface area contributed by atoms with E-state index >= 15 is 0 Å². The molecule has 1 aliphatic carbocycles. The number of rotatable bonds is 6. The second-order valence-corrected chi connectivity index (χ2v) is 10.9. The van der Waals surface area contributed by atoms with Crippen molar-refractivity contribution < 1.29 is 9.53 Å². The zero-order valence-electron chi connectivity index (χ0n) is 21.4. The molecule has 36 heavy (non-hydrogen) atoms. The maximum Gasteiger partial charge on any atom is 0.311 e. The van der Waals surface area contributed by atoms with Crippen LogP contribution in [0.4, 0.5) is 11.6 Å². The number of aromatic nitrogens is 3. The molecule has 2 aliphatic rings. The fraction of sp³-hybridized carbons (Fsp3) is 0.448. The largest absolute Gasteiger partial charge is 0.462 e. The molecule has 3 aromatic rings. The Bertz CT molecular complexity index is 1170. The van der Waals surface area contributed by atoms with Crippen LogP contribution >= 0.6 is 0 Å². The van der Waals surface area contributed by atoms with Crippen molar-refractivity contribution in [3.05, 3.63) is 65.9 Å². The summed E-state index contributed by atoms with van der Waals surface area (Å²) in [5.74, 6) is 2.68. The molecule has 1 aliphatic heterocycles. The minimum Gasteiger partial charge on any atom is -0.462 e. The molecule has 0 radical (unpaired) electrons. The number of carbonyl (C=O) groups is 1. The van der Waals surface area contributed by atoms with Crippen LogP contribution in [0.15, 0.2) is 54.7 Å². The van der Waals surface area contributed by atoms with E-state index in [1.165, 1.54) is 11.1 Å². The van der Waals surface area contributed by atoms with Gasteiger partial charge in [-0.25, -0.2) is 9.97 Å². The van der Waals surface area contributed by atoms with Gasteiger partial charge in [0.25, 0.3) is 0 Å². The Hall–Kier alpha value is -3.48. The zero-order valence-corrected chi connectivity index (χ0v) is 21.4. The third-order valence-corrected chi connectivity index (χ3v) is 7.00. The summed E-state index contributed by atoms with van der Waals surface area (Å²) in [6.45, 7) is 8.29. The van der Waals surface area contributed by atoms with Crippen molar-refractivity contribution in [2.45, 2.75) is 52.6 Å². The predicted molar refractivity (Wildman–Crippen MR) is 142 cm³/mol. The van der Waals surface area contributed by atoms with Gasteiger partial charge in [0, 0.05) is 31.9 Å². The number of anilines is 2. The van der Waals surface area contributed by atoms with Crippen molar-refractivity contribution in [3.63, 3.8) is 0 Å². The first-order valence-electron chi connectivity index (χ1n) is 12.9. The molecule has 7 heteroatoms. The first kappa shape index (κ1) is 24.2. The van der Waals surface area contributed by atoms with E-state index in [-0.39, 0.29) is 12.1 Å². The van der Waals surface area contributed by atoms with Gasteiger partial charge in [0.1, 0.15) is 23.4 Å². The van der Waals surface area contributed by atoms with Crippen LogP contribution in [0.1, 0.15) is 44.7 Å². The monoisotopic (exact) mass is 485 g/mol. The van der Waals surface area contributed by atoms with Gasteiger partial charge in [0.15, 0.2) is 5.82 Å². The molecule has 1 aromatic carbocycles. The van der Waals surface area contributed by atoms with Gasteiger partial charge in [-0.2, -0.15) is 0 Å². The first-order valence-corrected chi connectivity index (χ1v) is 12.9. The van der Waals surface area contributed by atoms with Gasteiger partial charge in [-0.1, -0.05) is 30.3 Å². The Morgan fingerprint density at radius 2 is 1.72 bits per heavy atom. The lowest BCUT2D eigenvalue weighted by Crippen LogP contribution is -2.39. The van der Waals surface area contributed by atoms with Gasteiger partial charge in [-0.3, -0.25) is 9.78 Å².